The first-order valence-corrected chi connectivity index (χ1v) is 8.06. The summed E-state index contributed by atoms with van der Waals surface area (Å²) in [4.78, 5) is 4.78. The second kappa shape index (κ2) is 5.53. The van der Waals surface area contributed by atoms with Gasteiger partial charge in [0, 0.05) is 11.1 Å². The Morgan fingerprint density at radius 2 is 1.45 bits per heavy atom. The third-order valence-corrected chi connectivity index (χ3v) is 4.33. The maximum absolute atomic E-state index is 4.78. The molecule has 0 fully saturated rings. The van der Waals surface area contributed by atoms with E-state index in [4.69, 9.17) is 4.98 Å². The van der Waals surface area contributed by atoms with Crippen molar-refractivity contribution in [2.45, 2.75) is 0 Å². The highest BCUT2D eigenvalue weighted by molar-refractivity contribution is 14.1. The second-order valence-corrected chi connectivity index (χ2v) is 6.15. The van der Waals surface area contributed by atoms with Crippen LogP contribution >= 0.6 is 22.6 Å². The number of aromatic nitrogens is 3. The summed E-state index contributed by atoms with van der Waals surface area (Å²) in [6, 6.07) is 22.6. The molecule has 106 valence electrons. The number of rotatable bonds is 2. The van der Waals surface area contributed by atoms with Crippen molar-refractivity contribution in [3.8, 4) is 22.5 Å². The van der Waals surface area contributed by atoms with Gasteiger partial charge in [0.15, 0.2) is 5.65 Å². The molecule has 0 spiro atoms. The fourth-order valence-electron chi connectivity index (χ4n) is 2.51. The number of halogens is 1. The van der Waals surface area contributed by atoms with E-state index in [9.17, 15) is 0 Å². The number of benzene rings is 2. The molecule has 2 aromatic carbocycles. The number of nitrogens with zero attached hydrogens (tertiary/aromatic N) is 3. The lowest BCUT2D eigenvalue weighted by Gasteiger charge is -2.08. The van der Waals surface area contributed by atoms with Crippen LogP contribution in [0, 0.1) is 3.57 Å². The van der Waals surface area contributed by atoms with Crippen LogP contribution in [0.3, 0.4) is 0 Å². The largest absolute Gasteiger partial charge is 0.227 e. The zero-order chi connectivity index (χ0) is 14.9. The molecular formula is C18H12IN3. The third-order valence-electron chi connectivity index (χ3n) is 3.57. The molecule has 0 aliphatic heterocycles. The molecule has 4 rings (SSSR count). The maximum atomic E-state index is 4.78. The molecule has 0 saturated heterocycles. The molecule has 0 amide bonds. The Labute approximate surface area is 141 Å². The van der Waals surface area contributed by atoms with Gasteiger partial charge in [0.1, 0.15) is 0 Å². The van der Waals surface area contributed by atoms with Gasteiger partial charge in [-0.15, -0.1) is 0 Å². The topological polar surface area (TPSA) is 30.2 Å². The van der Waals surface area contributed by atoms with Gasteiger partial charge >= 0.3 is 0 Å². The Morgan fingerprint density at radius 3 is 2.14 bits per heavy atom. The Bertz CT molecular complexity index is 931. The molecule has 0 atom stereocenters. The van der Waals surface area contributed by atoms with Gasteiger partial charge in [0.25, 0.3) is 0 Å². The van der Waals surface area contributed by atoms with E-state index in [-0.39, 0.29) is 0 Å². The number of fused-ring (bicyclic) bond motifs is 1. The molecule has 0 bridgehead atoms. The van der Waals surface area contributed by atoms with Gasteiger partial charge in [-0.05, 0) is 28.7 Å². The standard InChI is InChI=1S/C18H12IN3/c19-15-12-20-22-17(14-9-5-2-6-10-14)11-16(21-18(15)22)13-7-3-1-4-8-13/h1-12H. The monoisotopic (exact) mass is 397 g/mol. The van der Waals surface area contributed by atoms with Crippen LogP contribution in [0.1, 0.15) is 0 Å². The highest BCUT2D eigenvalue weighted by Crippen LogP contribution is 2.27. The lowest BCUT2D eigenvalue weighted by molar-refractivity contribution is 0.949. The van der Waals surface area contributed by atoms with Crippen molar-refractivity contribution in [2.75, 3.05) is 0 Å². The summed E-state index contributed by atoms with van der Waals surface area (Å²) in [6.07, 6.45) is 1.85. The van der Waals surface area contributed by atoms with Crippen LogP contribution in [0.25, 0.3) is 28.2 Å². The summed E-state index contributed by atoms with van der Waals surface area (Å²) >= 11 is 2.28. The van der Waals surface area contributed by atoms with Crippen molar-refractivity contribution in [2.24, 2.45) is 0 Å². The first-order chi connectivity index (χ1) is 10.8. The summed E-state index contributed by atoms with van der Waals surface area (Å²) in [5.41, 5.74) is 5.14. The van der Waals surface area contributed by atoms with Crippen molar-refractivity contribution in [3.63, 3.8) is 0 Å². The average molecular weight is 397 g/mol. The minimum absolute atomic E-state index is 0.890. The maximum Gasteiger partial charge on any atom is 0.169 e. The van der Waals surface area contributed by atoms with Crippen LogP contribution < -0.4 is 0 Å². The Hall–Kier alpha value is -2.21. The molecule has 4 heteroatoms. The number of hydrogen-bond donors (Lipinski definition) is 0. The van der Waals surface area contributed by atoms with Gasteiger partial charge in [-0.2, -0.15) is 5.10 Å². The summed E-state index contributed by atoms with van der Waals surface area (Å²) in [7, 11) is 0. The van der Waals surface area contributed by atoms with Crippen LogP contribution in [0.2, 0.25) is 0 Å². The fourth-order valence-corrected chi connectivity index (χ4v) is 2.98. The van der Waals surface area contributed by atoms with Gasteiger partial charge in [0.2, 0.25) is 0 Å². The van der Waals surface area contributed by atoms with Crippen molar-refractivity contribution in [1.29, 1.82) is 0 Å². The smallest absolute Gasteiger partial charge is 0.169 e. The SMILES string of the molecule is Ic1cnn2c(-c3ccccc3)cc(-c3ccccc3)nc12. The Morgan fingerprint density at radius 1 is 0.818 bits per heavy atom. The molecule has 0 unspecified atom stereocenters. The first kappa shape index (κ1) is 13.5. The molecule has 0 N–H and O–H groups in total. The zero-order valence-electron chi connectivity index (χ0n) is 11.6. The van der Waals surface area contributed by atoms with Crippen LogP contribution in [-0.2, 0) is 0 Å². The van der Waals surface area contributed by atoms with E-state index in [0.29, 0.717) is 0 Å². The van der Waals surface area contributed by atoms with E-state index in [2.05, 4.69) is 58.0 Å². The summed E-state index contributed by atoms with van der Waals surface area (Å²) in [5.74, 6) is 0. The molecule has 0 aliphatic carbocycles. The van der Waals surface area contributed by atoms with E-state index >= 15 is 0 Å². The molecule has 0 saturated carbocycles. The van der Waals surface area contributed by atoms with Gasteiger partial charge in [-0.3, -0.25) is 0 Å². The van der Waals surface area contributed by atoms with Gasteiger partial charge < -0.3 is 0 Å². The molecule has 22 heavy (non-hydrogen) atoms. The number of hydrogen-bond acceptors (Lipinski definition) is 2. The minimum Gasteiger partial charge on any atom is -0.227 e. The summed E-state index contributed by atoms with van der Waals surface area (Å²) in [5, 5.41) is 4.48. The van der Waals surface area contributed by atoms with Crippen LogP contribution in [0.15, 0.2) is 72.9 Å². The highest BCUT2D eigenvalue weighted by Gasteiger charge is 2.12. The van der Waals surface area contributed by atoms with Crippen molar-refractivity contribution < 1.29 is 0 Å². The molecule has 0 aliphatic rings. The van der Waals surface area contributed by atoms with Crippen molar-refractivity contribution >= 4 is 28.2 Å². The molecular weight excluding hydrogens is 385 g/mol. The predicted molar refractivity (Wildman–Crippen MR) is 96.6 cm³/mol. The van der Waals surface area contributed by atoms with Crippen LogP contribution in [0.5, 0.6) is 0 Å². The normalized spacial score (nSPS) is 11.0. The van der Waals surface area contributed by atoms with Crippen LogP contribution in [-0.4, -0.2) is 14.6 Å². The first-order valence-electron chi connectivity index (χ1n) is 6.98. The Kier molecular flexibility index (Phi) is 3.38. The third kappa shape index (κ3) is 2.29. The molecule has 2 heterocycles. The van der Waals surface area contributed by atoms with Crippen LogP contribution in [0.4, 0.5) is 0 Å². The predicted octanol–water partition coefficient (Wildman–Crippen LogP) is 4.67. The van der Waals surface area contributed by atoms with E-state index in [1.54, 1.807) is 0 Å². The minimum atomic E-state index is 0.890. The quantitative estimate of drug-likeness (QED) is 0.461. The Balaban J connectivity index is 2.03. The second-order valence-electron chi connectivity index (χ2n) is 4.99. The zero-order valence-corrected chi connectivity index (χ0v) is 13.8. The van der Waals surface area contributed by atoms with Gasteiger partial charge in [-0.25, -0.2) is 9.50 Å². The van der Waals surface area contributed by atoms with Crippen molar-refractivity contribution in [3.05, 3.63) is 76.5 Å². The lowest BCUT2D eigenvalue weighted by atomic mass is 10.1. The van der Waals surface area contributed by atoms with Gasteiger partial charge in [0.05, 0.1) is 21.2 Å². The molecule has 0 radical (unpaired) electrons. The van der Waals surface area contributed by atoms with E-state index in [1.807, 2.05) is 47.1 Å². The van der Waals surface area contributed by atoms with E-state index in [0.717, 1.165) is 31.7 Å². The van der Waals surface area contributed by atoms with E-state index < -0.39 is 0 Å². The lowest BCUT2D eigenvalue weighted by Crippen LogP contribution is -1.98. The van der Waals surface area contributed by atoms with Crippen molar-refractivity contribution in [1.82, 2.24) is 14.6 Å². The molecule has 2 aromatic heterocycles. The van der Waals surface area contributed by atoms with Gasteiger partial charge in [-0.1, -0.05) is 60.7 Å². The molecule has 4 aromatic rings. The summed E-state index contributed by atoms with van der Waals surface area (Å²) in [6.45, 7) is 0. The fraction of sp³-hybridized carbons (Fsp3) is 0. The summed E-state index contributed by atoms with van der Waals surface area (Å²) < 4.78 is 2.95. The molecule has 3 nitrogen and oxygen atoms in total. The highest BCUT2D eigenvalue weighted by atomic mass is 127. The van der Waals surface area contributed by atoms with E-state index in [1.165, 1.54) is 0 Å². The average Bonchev–Trinajstić information content (AvgIpc) is 2.97.